The first-order valence-corrected chi connectivity index (χ1v) is 10.4. The lowest BCUT2D eigenvalue weighted by atomic mass is 10.1. The van der Waals surface area contributed by atoms with Gasteiger partial charge in [-0.2, -0.15) is 0 Å². The van der Waals surface area contributed by atoms with E-state index in [2.05, 4.69) is 10.3 Å². The van der Waals surface area contributed by atoms with Gasteiger partial charge >= 0.3 is 0 Å². The summed E-state index contributed by atoms with van der Waals surface area (Å²) in [4.78, 5) is 30.8. The number of hydrogen-bond acceptors (Lipinski definition) is 8. The molecule has 0 aliphatic carbocycles. The van der Waals surface area contributed by atoms with Crippen LogP contribution >= 0.6 is 11.3 Å². The molecular formula is C22H21N3O6S. The molecule has 1 aliphatic rings. The van der Waals surface area contributed by atoms with Crippen LogP contribution in [0, 0.1) is 0 Å². The number of nitrogens with one attached hydrogen (secondary N) is 1. The number of aromatic nitrogens is 1. The van der Waals surface area contributed by atoms with E-state index in [9.17, 15) is 9.59 Å². The summed E-state index contributed by atoms with van der Waals surface area (Å²) in [5, 5.41) is 5.05. The molecule has 0 saturated carbocycles. The number of methoxy groups -OCH3 is 3. The van der Waals surface area contributed by atoms with Crippen LogP contribution in [0.3, 0.4) is 0 Å². The first-order valence-electron chi connectivity index (χ1n) is 9.55. The van der Waals surface area contributed by atoms with Crippen molar-refractivity contribution >= 4 is 34.0 Å². The second kappa shape index (κ2) is 8.75. The zero-order valence-electron chi connectivity index (χ0n) is 17.9. The number of thiazole rings is 1. The van der Waals surface area contributed by atoms with Crippen molar-refractivity contribution in [3.05, 3.63) is 41.3 Å². The van der Waals surface area contributed by atoms with Gasteiger partial charge in [-0.15, -0.1) is 11.3 Å². The van der Waals surface area contributed by atoms with Crippen LogP contribution in [0.1, 0.15) is 10.4 Å². The maximum Gasteiger partial charge on any atom is 0.264 e. The molecule has 0 unspecified atom stereocenters. The number of anilines is 2. The Kier molecular flexibility index (Phi) is 5.87. The third kappa shape index (κ3) is 3.92. The molecule has 4 rings (SSSR count). The quantitative estimate of drug-likeness (QED) is 0.608. The SMILES string of the molecule is COc1cc(C(=O)Nc2nc(-c3ccc4c(c3)N(C)C(=O)CO4)cs2)cc(OC)c1OC. The fourth-order valence-electron chi connectivity index (χ4n) is 3.28. The summed E-state index contributed by atoms with van der Waals surface area (Å²) < 4.78 is 21.4. The van der Waals surface area contributed by atoms with Gasteiger partial charge in [-0.1, -0.05) is 0 Å². The highest BCUT2D eigenvalue weighted by atomic mass is 32.1. The Labute approximate surface area is 188 Å². The van der Waals surface area contributed by atoms with Crippen LogP contribution < -0.4 is 29.2 Å². The molecule has 0 radical (unpaired) electrons. The number of likely N-dealkylation sites (N-methyl/N-ethyl adjacent to an activating group) is 1. The summed E-state index contributed by atoms with van der Waals surface area (Å²) in [6.45, 7) is 0.0245. The lowest BCUT2D eigenvalue weighted by Crippen LogP contribution is -2.35. The van der Waals surface area contributed by atoms with Crippen LogP contribution in [-0.2, 0) is 4.79 Å². The van der Waals surface area contributed by atoms with Gasteiger partial charge in [-0.25, -0.2) is 4.98 Å². The molecule has 166 valence electrons. The standard InChI is InChI=1S/C22H21N3O6S/c1-25-15-7-12(5-6-16(15)31-10-19(25)26)14-11-32-22(23-14)24-21(27)13-8-17(28-2)20(30-4)18(9-13)29-3/h5-9,11H,10H2,1-4H3,(H,23,24,27). The molecule has 0 saturated heterocycles. The van der Waals surface area contributed by atoms with Crippen molar-refractivity contribution in [2.45, 2.75) is 0 Å². The molecule has 1 N–H and O–H groups in total. The number of rotatable bonds is 6. The minimum absolute atomic E-state index is 0.0245. The lowest BCUT2D eigenvalue weighted by molar-refractivity contribution is -0.120. The molecule has 0 fully saturated rings. The third-order valence-electron chi connectivity index (χ3n) is 4.99. The molecule has 2 heterocycles. The van der Waals surface area contributed by atoms with Gasteiger partial charge in [0.1, 0.15) is 5.75 Å². The van der Waals surface area contributed by atoms with Crippen LogP contribution in [0.15, 0.2) is 35.7 Å². The smallest absolute Gasteiger partial charge is 0.264 e. The Morgan fingerprint density at radius 1 is 1.12 bits per heavy atom. The topological polar surface area (TPSA) is 99.2 Å². The number of hydrogen-bond donors (Lipinski definition) is 1. The van der Waals surface area contributed by atoms with Crippen molar-refractivity contribution in [3.63, 3.8) is 0 Å². The lowest BCUT2D eigenvalue weighted by Gasteiger charge is -2.26. The fourth-order valence-corrected chi connectivity index (χ4v) is 3.99. The van der Waals surface area contributed by atoms with E-state index in [1.54, 1.807) is 30.1 Å². The molecule has 2 amide bonds. The highest BCUT2D eigenvalue weighted by Crippen LogP contribution is 2.39. The minimum atomic E-state index is -0.366. The van der Waals surface area contributed by atoms with Crippen LogP contribution in [0.4, 0.5) is 10.8 Å². The number of ether oxygens (including phenoxy) is 4. The maximum atomic E-state index is 12.8. The number of amides is 2. The number of benzene rings is 2. The molecule has 0 atom stereocenters. The van der Waals surface area contributed by atoms with Gasteiger partial charge in [0, 0.05) is 23.6 Å². The Balaban J connectivity index is 1.57. The highest BCUT2D eigenvalue weighted by Gasteiger charge is 2.23. The number of fused-ring (bicyclic) bond motifs is 1. The molecule has 9 nitrogen and oxygen atoms in total. The monoisotopic (exact) mass is 455 g/mol. The molecule has 1 aromatic heterocycles. The van der Waals surface area contributed by atoms with Gasteiger partial charge in [-0.05, 0) is 30.3 Å². The molecule has 10 heteroatoms. The van der Waals surface area contributed by atoms with Crippen molar-refractivity contribution in [2.24, 2.45) is 0 Å². The third-order valence-corrected chi connectivity index (χ3v) is 5.75. The first-order chi connectivity index (χ1) is 15.4. The van der Waals surface area contributed by atoms with Gasteiger partial charge in [-0.3, -0.25) is 14.9 Å². The zero-order valence-corrected chi connectivity index (χ0v) is 18.7. The molecule has 0 bridgehead atoms. The Bertz CT molecular complexity index is 1170. The number of carbonyl (C=O) groups excluding carboxylic acids is 2. The van der Waals surface area contributed by atoms with Crippen molar-refractivity contribution in [1.82, 2.24) is 4.98 Å². The minimum Gasteiger partial charge on any atom is -0.493 e. The summed E-state index contributed by atoms with van der Waals surface area (Å²) >= 11 is 1.29. The van der Waals surface area contributed by atoms with Crippen LogP contribution in [0.2, 0.25) is 0 Å². The predicted octanol–water partition coefficient (Wildman–Crippen LogP) is 3.44. The van der Waals surface area contributed by atoms with Crippen LogP contribution in [0.25, 0.3) is 11.3 Å². The first kappa shape index (κ1) is 21.4. The molecule has 3 aromatic rings. The second-order valence-electron chi connectivity index (χ2n) is 6.83. The van der Waals surface area contributed by atoms with Gasteiger partial charge in [0.2, 0.25) is 5.75 Å². The Hall–Kier alpha value is -3.79. The molecule has 1 aliphatic heterocycles. The summed E-state index contributed by atoms with van der Waals surface area (Å²) in [6.07, 6.45) is 0. The van der Waals surface area contributed by atoms with Crippen molar-refractivity contribution in [1.29, 1.82) is 0 Å². The molecule has 2 aromatic carbocycles. The van der Waals surface area contributed by atoms with E-state index in [0.29, 0.717) is 45.1 Å². The fraction of sp³-hybridized carbons (Fsp3) is 0.227. The van der Waals surface area contributed by atoms with E-state index in [-0.39, 0.29) is 18.4 Å². The summed E-state index contributed by atoms with van der Waals surface area (Å²) in [6, 6.07) is 8.65. The van der Waals surface area contributed by atoms with Crippen molar-refractivity contribution in [2.75, 3.05) is 45.2 Å². The average molecular weight is 455 g/mol. The van der Waals surface area contributed by atoms with Crippen molar-refractivity contribution in [3.8, 4) is 34.3 Å². The average Bonchev–Trinajstić information content (AvgIpc) is 3.28. The molecule has 32 heavy (non-hydrogen) atoms. The largest absolute Gasteiger partial charge is 0.493 e. The predicted molar refractivity (Wildman–Crippen MR) is 121 cm³/mol. The van der Waals surface area contributed by atoms with E-state index < -0.39 is 0 Å². The van der Waals surface area contributed by atoms with Gasteiger partial charge in [0.25, 0.3) is 11.8 Å². The van der Waals surface area contributed by atoms with E-state index in [1.165, 1.54) is 32.7 Å². The van der Waals surface area contributed by atoms with E-state index >= 15 is 0 Å². The van der Waals surface area contributed by atoms with Gasteiger partial charge in [0.15, 0.2) is 23.2 Å². The van der Waals surface area contributed by atoms with Gasteiger partial charge < -0.3 is 23.8 Å². The normalized spacial score (nSPS) is 12.6. The molecule has 0 spiro atoms. The summed E-state index contributed by atoms with van der Waals surface area (Å²) in [7, 11) is 6.18. The van der Waals surface area contributed by atoms with Gasteiger partial charge in [0.05, 0.1) is 32.7 Å². The second-order valence-corrected chi connectivity index (χ2v) is 7.69. The zero-order chi connectivity index (χ0) is 22.8. The summed E-state index contributed by atoms with van der Waals surface area (Å²) in [5.41, 5.74) is 2.49. The number of nitrogens with zero attached hydrogens (tertiary/aromatic N) is 2. The molecular weight excluding hydrogens is 434 g/mol. The van der Waals surface area contributed by atoms with Crippen molar-refractivity contribution < 1.29 is 28.5 Å². The highest BCUT2D eigenvalue weighted by molar-refractivity contribution is 7.14. The van der Waals surface area contributed by atoms with E-state index in [0.717, 1.165) is 5.56 Å². The Morgan fingerprint density at radius 2 is 1.84 bits per heavy atom. The van der Waals surface area contributed by atoms with Crippen LogP contribution in [0.5, 0.6) is 23.0 Å². The van der Waals surface area contributed by atoms with E-state index in [1.807, 2.05) is 17.5 Å². The maximum absolute atomic E-state index is 12.8. The number of carbonyl (C=O) groups is 2. The van der Waals surface area contributed by atoms with E-state index in [4.69, 9.17) is 18.9 Å². The van der Waals surface area contributed by atoms with Crippen LogP contribution in [-0.4, -0.2) is 51.8 Å². The summed E-state index contributed by atoms with van der Waals surface area (Å²) in [5.74, 6) is 1.32. The Morgan fingerprint density at radius 3 is 2.50 bits per heavy atom.